The van der Waals surface area contributed by atoms with Crippen molar-refractivity contribution < 1.29 is 22.7 Å². The van der Waals surface area contributed by atoms with E-state index in [0.717, 1.165) is 19.1 Å². The SMILES string of the molecule is CCCCNC(=O)[C@H](C)N(Cc1c(Cl)cccc1Cl)C(=O)CCCN(c1ccccc1OC)S(C)(=O)=O. The molecule has 0 aliphatic carbocycles. The third-order valence-electron chi connectivity index (χ3n) is 5.89. The molecule has 204 valence electrons. The van der Waals surface area contributed by atoms with Gasteiger partial charge in [0.25, 0.3) is 0 Å². The largest absolute Gasteiger partial charge is 0.495 e. The fraction of sp³-hybridized carbons (Fsp3) is 0.462. The number of para-hydroxylation sites is 2. The zero-order valence-corrected chi connectivity index (χ0v) is 24.0. The fourth-order valence-electron chi connectivity index (χ4n) is 3.79. The summed E-state index contributed by atoms with van der Waals surface area (Å²) in [5.74, 6) is -0.189. The van der Waals surface area contributed by atoms with Gasteiger partial charge in [0.15, 0.2) is 0 Å². The summed E-state index contributed by atoms with van der Waals surface area (Å²) in [5.41, 5.74) is 0.933. The van der Waals surface area contributed by atoms with Crippen LogP contribution in [0, 0.1) is 0 Å². The molecule has 37 heavy (non-hydrogen) atoms. The number of sulfonamides is 1. The number of nitrogens with zero attached hydrogens (tertiary/aromatic N) is 2. The summed E-state index contributed by atoms with van der Waals surface area (Å²) in [5, 5.41) is 3.65. The summed E-state index contributed by atoms with van der Waals surface area (Å²) in [7, 11) is -2.18. The maximum Gasteiger partial charge on any atom is 0.242 e. The highest BCUT2D eigenvalue weighted by Gasteiger charge is 2.28. The molecule has 0 saturated heterocycles. The number of unbranched alkanes of at least 4 members (excludes halogenated alkanes) is 1. The van der Waals surface area contributed by atoms with Gasteiger partial charge in [0.1, 0.15) is 11.8 Å². The van der Waals surface area contributed by atoms with Crippen LogP contribution in [-0.2, 0) is 26.2 Å². The molecule has 0 unspecified atom stereocenters. The predicted octanol–water partition coefficient (Wildman–Crippen LogP) is 4.88. The third kappa shape index (κ3) is 8.79. The Morgan fingerprint density at radius 3 is 2.30 bits per heavy atom. The van der Waals surface area contributed by atoms with Gasteiger partial charge in [-0.2, -0.15) is 0 Å². The topological polar surface area (TPSA) is 96.0 Å². The van der Waals surface area contributed by atoms with Gasteiger partial charge < -0.3 is 15.0 Å². The van der Waals surface area contributed by atoms with Crippen molar-refractivity contribution in [1.29, 1.82) is 0 Å². The lowest BCUT2D eigenvalue weighted by Gasteiger charge is -2.30. The van der Waals surface area contributed by atoms with Crippen LogP contribution in [-0.4, -0.2) is 57.6 Å². The van der Waals surface area contributed by atoms with Crippen LogP contribution in [0.1, 0.15) is 45.1 Å². The highest BCUT2D eigenvalue weighted by Crippen LogP contribution is 2.30. The fourth-order valence-corrected chi connectivity index (χ4v) is 5.28. The average molecular weight is 573 g/mol. The Morgan fingerprint density at radius 2 is 1.70 bits per heavy atom. The number of benzene rings is 2. The molecule has 0 bridgehead atoms. The molecule has 0 heterocycles. The Hall–Kier alpha value is -2.49. The molecule has 0 aliphatic rings. The van der Waals surface area contributed by atoms with Gasteiger partial charge in [0.05, 0.1) is 19.1 Å². The lowest BCUT2D eigenvalue weighted by molar-refractivity contribution is -0.140. The number of anilines is 1. The summed E-state index contributed by atoms with van der Waals surface area (Å²) >= 11 is 12.7. The lowest BCUT2D eigenvalue weighted by atomic mass is 10.1. The summed E-state index contributed by atoms with van der Waals surface area (Å²) in [4.78, 5) is 27.7. The molecule has 2 rings (SSSR count). The van der Waals surface area contributed by atoms with E-state index in [1.54, 1.807) is 49.4 Å². The zero-order valence-electron chi connectivity index (χ0n) is 21.7. The van der Waals surface area contributed by atoms with Crippen molar-refractivity contribution in [1.82, 2.24) is 10.2 Å². The van der Waals surface area contributed by atoms with Gasteiger partial charge in [0.2, 0.25) is 21.8 Å². The average Bonchev–Trinajstić information content (AvgIpc) is 2.85. The number of halogens is 2. The van der Waals surface area contributed by atoms with E-state index in [1.807, 2.05) is 6.92 Å². The van der Waals surface area contributed by atoms with Crippen LogP contribution in [0.5, 0.6) is 5.75 Å². The molecular weight excluding hydrogens is 537 g/mol. The first kappa shape index (κ1) is 30.7. The van der Waals surface area contributed by atoms with E-state index in [2.05, 4.69) is 5.32 Å². The molecule has 0 spiro atoms. The second-order valence-electron chi connectivity index (χ2n) is 8.65. The molecule has 0 fully saturated rings. The van der Waals surface area contributed by atoms with Crippen LogP contribution in [0.3, 0.4) is 0 Å². The van der Waals surface area contributed by atoms with Crippen LogP contribution in [0.25, 0.3) is 0 Å². The molecule has 1 atom stereocenters. The molecule has 0 saturated carbocycles. The first-order valence-corrected chi connectivity index (χ1v) is 14.7. The number of carbonyl (C=O) groups excluding carboxylic acids is 2. The van der Waals surface area contributed by atoms with Crippen LogP contribution >= 0.6 is 23.2 Å². The Morgan fingerprint density at radius 1 is 1.05 bits per heavy atom. The Labute approximate surface area is 229 Å². The molecule has 8 nitrogen and oxygen atoms in total. The van der Waals surface area contributed by atoms with E-state index >= 15 is 0 Å². The van der Waals surface area contributed by atoms with Gasteiger partial charge in [-0.3, -0.25) is 13.9 Å². The monoisotopic (exact) mass is 571 g/mol. The number of hydrogen-bond acceptors (Lipinski definition) is 5. The van der Waals surface area contributed by atoms with Crippen LogP contribution in [0.15, 0.2) is 42.5 Å². The molecule has 0 radical (unpaired) electrons. The third-order valence-corrected chi connectivity index (χ3v) is 7.78. The molecule has 2 amide bonds. The number of ether oxygens (including phenoxy) is 1. The van der Waals surface area contributed by atoms with Crippen molar-refractivity contribution in [2.75, 3.05) is 30.8 Å². The van der Waals surface area contributed by atoms with Gasteiger partial charge in [-0.1, -0.05) is 54.7 Å². The zero-order chi connectivity index (χ0) is 27.6. The standard InChI is InChI=1S/C26H35Cl2N3O5S/c1-5-6-16-29-26(33)19(2)30(18-20-21(27)11-9-12-22(20)28)25(32)15-10-17-31(37(4,34)35)23-13-7-8-14-24(23)36-3/h7-9,11-14,19H,5-6,10,15-18H2,1-4H3,(H,29,33)/t19-/m0/s1. The summed E-state index contributed by atoms with van der Waals surface area (Å²) in [6.07, 6.45) is 3.09. The molecule has 1 N–H and O–H groups in total. The normalized spacial score (nSPS) is 12.1. The van der Waals surface area contributed by atoms with Crippen molar-refractivity contribution in [3.8, 4) is 5.75 Å². The first-order valence-electron chi connectivity index (χ1n) is 12.1. The number of carbonyl (C=O) groups is 2. The maximum atomic E-state index is 13.4. The second kappa shape index (κ2) is 14.4. The van der Waals surface area contributed by atoms with E-state index in [-0.39, 0.29) is 37.7 Å². The van der Waals surface area contributed by atoms with Crippen molar-refractivity contribution in [3.05, 3.63) is 58.1 Å². The number of amides is 2. The van der Waals surface area contributed by atoms with Gasteiger partial charge >= 0.3 is 0 Å². The van der Waals surface area contributed by atoms with Gasteiger partial charge in [0, 0.05) is 41.7 Å². The Bertz CT molecular complexity index is 1160. The van der Waals surface area contributed by atoms with Gasteiger partial charge in [-0.05, 0) is 44.0 Å². The minimum absolute atomic E-state index is 0.00974. The maximum absolute atomic E-state index is 13.4. The second-order valence-corrected chi connectivity index (χ2v) is 11.4. The Balaban J connectivity index is 2.23. The number of hydrogen-bond donors (Lipinski definition) is 1. The quantitative estimate of drug-likeness (QED) is 0.326. The van der Waals surface area contributed by atoms with Gasteiger partial charge in [-0.25, -0.2) is 8.42 Å². The summed E-state index contributed by atoms with van der Waals surface area (Å²) < 4.78 is 31.6. The molecular formula is C26H35Cl2N3O5S. The highest BCUT2D eigenvalue weighted by molar-refractivity contribution is 7.92. The van der Waals surface area contributed by atoms with E-state index in [1.165, 1.54) is 16.3 Å². The van der Waals surface area contributed by atoms with Crippen molar-refractivity contribution in [3.63, 3.8) is 0 Å². The number of rotatable bonds is 14. The molecule has 2 aromatic rings. The summed E-state index contributed by atoms with van der Waals surface area (Å²) in [6.45, 7) is 4.29. The summed E-state index contributed by atoms with van der Waals surface area (Å²) in [6, 6.07) is 11.1. The first-order chi connectivity index (χ1) is 17.5. The van der Waals surface area contributed by atoms with E-state index in [4.69, 9.17) is 27.9 Å². The van der Waals surface area contributed by atoms with Crippen molar-refractivity contribution in [2.45, 2.75) is 52.1 Å². The van der Waals surface area contributed by atoms with E-state index in [0.29, 0.717) is 33.6 Å². The van der Waals surface area contributed by atoms with E-state index in [9.17, 15) is 18.0 Å². The number of nitrogens with one attached hydrogen (secondary N) is 1. The van der Waals surface area contributed by atoms with Gasteiger partial charge in [-0.15, -0.1) is 0 Å². The predicted molar refractivity (Wildman–Crippen MR) is 149 cm³/mol. The number of methoxy groups -OCH3 is 1. The molecule has 0 aliphatic heterocycles. The molecule has 11 heteroatoms. The minimum atomic E-state index is -3.64. The molecule has 2 aromatic carbocycles. The molecule has 0 aromatic heterocycles. The van der Waals surface area contributed by atoms with Crippen molar-refractivity contribution in [2.24, 2.45) is 0 Å². The smallest absolute Gasteiger partial charge is 0.242 e. The minimum Gasteiger partial charge on any atom is -0.495 e. The van der Waals surface area contributed by atoms with Crippen molar-refractivity contribution >= 4 is 50.7 Å². The van der Waals surface area contributed by atoms with E-state index < -0.39 is 16.1 Å². The Kier molecular flexibility index (Phi) is 12.0. The van der Waals surface area contributed by atoms with Crippen LogP contribution in [0.4, 0.5) is 5.69 Å². The highest BCUT2D eigenvalue weighted by atomic mass is 35.5. The van der Waals surface area contributed by atoms with Crippen LogP contribution in [0.2, 0.25) is 10.0 Å². The van der Waals surface area contributed by atoms with Crippen LogP contribution < -0.4 is 14.4 Å². The lowest BCUT2D eigenvalue weighted by Crippen LogP contribution is -2.48.